The molecule has 0 fully saturated rings. The zero-order chi connectivity index (χ0) is 20.5. The number of aryl methyl sites for hydroxylation is 1. The number of ether oxygens (including phenoxy) is 1. The highest BCUT2D eigenvalue weighted by molar-refractivity contribution is 14.0. The monoisotopic (exact) mass is 514 g/mol. The summed E-state index contributed by atoms with van der Waals surface area (Å²) < 4.78 is 18.7. The fourth-order valence-corrected chi connectivity index (χ4v) is 2.65. The number of carbonyl (C=O) groups is 1. The molecule has 0 bridgehead atoms. The molecule has 0 atom stereocenters. The van der Waals surface area contributed by atoms with Gasteiger partial charge in [-0.2, -0.15) is 0 Å². The Morgan fingerprint density at radius 3 is 2.38 bits per heavy atom. The van der Waals surface area contributed by atoms with Gasteiger partial charge in [-0.25, -0.2) is 4.39 Å². The Labute approximate surface area is 188 Å². The third-order valence-corrected chi connectivity index (χ3v) is 4.28. The van der Waals surface area contributed by atoms with Gasteiger partial charge in [0.1, 0.15) is 11.6 Å². The third-order valence-electron chi connectivity index (χ3n) is 4.28. The predicted molar refractivity (Wildman–Crippen MR) is 125 cm³/mol. The van der Waals surface area contributed by atoms with E-state index in [0.717, 1.165) is 11.3 Å². The molecule has 0 heterocycles. The number of hydrogen-bond donors (Lipinski definition) is 2. The lowest BCUT2D eigenvalue weighted by Crippen LogP contribution is -2.42. The molecule has 2 aromatic rings. The second-order valence-corrected chi connectivity index (χ2v) is 6.40. The summed E-state index contributed by atoms with van der Waals surface area (Å²) in [5.41, 5.74) is 1.95. The number of guanidine groups is 1. The van der Waals surface area contributed by atoms with Gasteiger partial charge in [0.05, 0.1) is 7.11 Å². The fourth-order valence-electron chi connectivity index (χ4n) is 2.65. The van der Waals surface area contributed by atoms with Crippen LogP contribution in [0.15, 0.2) is 47.5 Å². The number of hydrogen-bond acceptors (Lipinski definition) is 3. The minimum absolute atomic E-state index is 0. The maximum atomic E-state index is 13.6. The highest BCUT2D eigenvalue weighted by atomic mass is 127. The molecular weight excluding hydrogens is 486 g/mol. The van der Waals surface area contributed by atoms with E-state index in [1.165, 1.54) is 6.07 Å². The van der Waals surface area contributed by atoms with E-state index >= 15 is 0 Å². The van der Waals surface area contributed by atoms with Crippen molar-refractivity contribution in [3.63, 3.8) is 0 Å². The number of rotatable bonds is 7. The lowest BCUT2D eigenvalue weighted by atomic mass is 10.1. The third kappa shape index (κ3) is 7.52. The number of benzene rings is 2. The van der Waals surface area contributed by atoms with Crippen LogP contribution in [0.25, 0.3) is 0 Å². The highest BCUT2D eigenvalue weighted by Gasteiger charge is 2.09. The molecule has 0 spiro atoms. The average Bonchev–Trinajstić information content (AvgIpc) is 2.70. The largest absolute Gasteiger partial charge is 0.497 e. The van der Waals surface area contributed by atoms with Gasteiger partial charge in [-0.3, -0.25) is 9.79 Å². The van der Waals surface area contributed by atoms with E-state index in [9.17, 15) is 9.18 Å². The summed E-state index contributed by atoms with van der Waals surface area (Å²) in [5.74, 6) is 0.846. The molecular formula is C21H28FIN4O2. The number of carbonyl (C=O) groups excluding carboxylic acids is 1. The molecule has 158 valence electrons. The standard InChI is InChI=1S/C21H27FN4O2.HI/c1-15-5-8-17(13-19(15)22)20(27)24-11-12-25-21(23-2)26(3)14-16-6-9-18(28-4)10-7-16;/h5-10,13H,11-12,14H2,1-4H3,(H,23,25)(H,24,27);1H. The number of aliphatic imine (C=N–C) groups is 1. The highest BCUT2D eigenvalue weighted by Crippen LogP contribution is 2.12. The van der Waals surface area contributed by atoms with E-state index in [1.807, 2.05) is 36.2 Å². The minimum atomic E-state index is -0.383. The summed E-state index contributed by atoms with van der Waals surface area (Å²) in [7, 11) is 5.29. The Morgan fingerprint density at radius 1 is 1.14 bits per heavy atom. The SMILES string of the molecule is CN=C(NCCNC(=O)c1ccc(C)c(F)c1)N(C)Cc1ccc(OC)cc1.I. The van der Waals surface area contributed by atoms with Crippen molar-refractivity contribution in [2.24, 2.45) is 4.99 Å². The van der Waals surface area contributed by atoms with Crippen molar-refractivity contribution in [2.75, 3.05) is 34.3 Å². The smallest absolute Gasteiger partial charge is 0.251 e. The van der Waals surface area contributed by atoms with E-state index in [4.69, 9.17) is 4.74 Å². The summed E-state index contributed by atoms with van der Waals surface area (Å²) in [5, 5.41) is 5.97. The van der Waals surface area contributed by atoms with Crippen LogP contribution in [0.3, 0.4) is 0 Å². The Balaban J connectivity index is 0.00000420. The van der Waals surface area contributed by atoms with E-state index in [1.54, 1.807) is 33.2 Å². The molecule has 0 aliphatic rings. The van der Waals surface area contributed by atoms with Crippen LogP contribution >= 0.6 is 24.0 Å². The van der Waals surface area contributed by atoms with Crippen LogP contribution < -0.4 is 15.4 Å². The first-order valence-corrected chi connectivity index (χ1v) is 9.03. The van der Waals surface area contributed by atoms with E-state index in [-0.39, 0.29) is 35.7 Å². The van der Waals surface area contributed by atoms with Gasteiger partial charge >= 0.3 is 0 Å². The van der Waals surface area contributed by atoms with Gasteiger partial charge in [0, 0.05) is 39.3 Å². The van der Waals surface area contributed by atoms with Crippen LogP contribution in [-0.2, 0) is 6.54 Å². The minimum Gasteiger partial charge on any atom is -0.497 e. The summed E-state index contributed by atoms with van der Waals surface area (Å²) in [6.07, 6.45) is 0. The number of nitrogens with zero attached hydrogens (tertiary/aromatic N) is 2. The van der Waals surface area contributed by atoms with Crippen molar-refractivity contribution < 1.29 is 13.9 Å². The maximum Gasteiger partial charge on any atom is 0.251 e. The van der Waals surface area contributed by atoms with Crippen molar-refractivity contribution in [3.05, 3.63) is 65.0 Å². The number of amides is 1. The van der Waals surface area contributed by atoms with Crippen LogP contribution in [0.5, 0.6) is 5.75 Å². The van der Waals surface area contributed by atoms with E-state index in [2.05, 4.69) is 15.6 Å². The maximum absolute atomic E-state index is 13.6. The zero-order valence-corrected chi connectivity index (χ0v) is 19.5. The van der Waals surface area contributed by atoms with Gasteiger partial charge in [0.2, 0.25) is 0 Å². The molecule has 0 aliphatic carbocycles. The van der Waals surface area contributed by atoms with Crippen LogP contribution in [0.4, 0.5) is 4.39 Å². The lowest BCUT2D eigenvalue weighted by Gasteiger charge is -2.22. The molecule has 29 heavy (non-hydrogen) atoms. The lowest BCUT2D eigenvalue weighted by molar-refractivity contribution is 0.0954. The van der Waals surface area contributed by atoms with Crippen molar-refractivity contribution in [1.29, 1.82) is 0 Å². The number of nitrogens with one attached hydrogen (secondary N) is 2. The van der Waals surface area contributed by atoms with Gasteiger partial charge in [-0.05, 0) is 42.3 Å². The molecule has 1 amide bonds. The Kier molecular flexibility index (Phi) is 10.4. The molecule has 2 aromatic carbocycles. The molecule has 2 rings (SSSR count). The Morgan fingerprint density at radius 2 is 1.79 bits per heavy atom. The van der Waals surface area contributed by atoms with Crippen molar-refractivity contribution in [2.45, 2.75) is 13.5 Å². The van der Waals surface area contributed by atoms with Crippen LogP contribution in [-0.4, -0.2) is 51.1 Å². The first-order valence-electron chi connectivity index (χ1n) is 9.03. The normalized spacial score (nSPS) is 10.7. The Hall–Kier alpha value is -2.36. The van der Waals surface area contributed by atoms with Gasteiger partial charge in [-0.15, -0.1) is 24.0 Å². The summed E-state index contributed by atoms with van der Waals surface area (Å²) in [4.78, 5) is 18.3. The molecule has 0 saturated carbocycles. The van der Waals surface area contributed by atoms with Crippen LogP contribution in [0.1, 0.15) is 21.5 Å². The first kappa shape index (κ1) is 24.7. The van der Waals surface area contributed by atoms with Crippen molar-refractivity contribution in [1.82, 2.24) is 15.5 Å². The molecule has 6 nitrogen and oxygen atoms in total. The summed E-state index contributed by atoms with van der Waals surface area (Å²) in [6.45, 7) is 3.23. The van der Waals surface area contributed by atoms with Crippen LogP contribution in [0.2, 0.25) is 0 Å². The average molecular weight is 514 g/mol. The van der Waals surface area contributed by atoms with Gasteiger partial charge in [0.25, 0.3) is 5.91 Å². The van der Waals surface area contributed by atoms with Gasteiger partial charge in [0.15, 0.2) is 5.96 Å². The molecule has 0 aliphatic heterocycles. The number of halogens is 2. The quantitative estimate of drug-likeness (QED) is 0.258. The zero-order valence-electron chi connectivity index (χ0n) is 17.2. The second-order valence-electron chi connectivity index (χ2n) is 6.40. The number of methoxy groups -OCH3 is 1. The van der Waals surface area contributed by atoms with E-state index in [0.29, 0.717) is 36.7 Å². The van der Waals surface area contributed by atoms with Gasteiger partial charge < -0.3 is 20.3 Å². The predicted octanol–water partition coefficient (Wildman–Crippen LogP) is 3.20. The molecule has 0 saturated heterocycles. The van der Waals surface area contributed by atoms with E-state index < -0.39 is 0 Å². The van der Waals surface area contributed by atoms with Crippen molar-refractivity contribution >= 4 is 35.8 Å². The molecule has 0 radical (unpaired) electrons. The van der Waals surface area contributed by atoms with Crippen LogP contribution in [0, 0.1) is 12.7 Å². The van der Waals surface area contributed by atoms with Crippen molar-refractivity contribution in [3.8, 4) is 5.75 Å². The fraction of sp³-hybridized carbons (Fsp3) is 0.333. The second kappa shape index (κ2) is 12.3. The Bertz CT molecular complexity index is 828. The summed E-state index contributed by atoms with van der Waals surface area (Å²) >= 11 is 0. The molecule has 2 N–H and O–H groups in total. The molecule has 8 heteroatoms. The summed E-state index contributed by atoms with van der Waals surface area (Å²) in [6, 6.07) is 12.3. The topological polar surface area (TPSA) is 66.0 Å². The molecule has 0 unspecified atom stereocenters. The van der Waals surface area contributed by atoms with Gasteiger partial charge in [-0.1, -0.05) is 18.2 Å². The molecule has 0 aromatic heterocycles. The first-order chi connectivity index (χ1) is 13.4.